The summed E-state index contributed by atoms with van der Waals surface area (Å²) in [6, 6.07) is 5.34. The minimum absolute atomic E-state index is 0.0532. The van der Waals surface area contributed by atoms with Gasteiger partial charge in [0.15, 0.2) is 5.78 Å². The Labute approximate surface area is 125 Å². The lowest BCUT2D eigenvalue weighted by atomic mass is 10.1. The Bertz CT molecular complexity index is 354. The predicted octanol–water partition coefficient (Wildman–Crippen LogP) is 4.30. The second kappa shape index (κ2) is 13.6. The average molecular weight is 332 g/mol. The highest BCUT2D eigenvalue weighted by molar-refractivity contribution is 9.10. The third-order valence-corrected chi connectivity index (χ3v) is 2.57. The fraction of sp³-hybridized carbons (Fsp3) is 0.533. The van der Waals surface area contributed by atoms with Crippen molar-refractivity contribution in [3.63, 3.8) is 0 Å². The number of nitrogens with one attached hydrogen (secondary N) is 1. The van der Waals surface area contributed by atoms with Gasteiger partial charge < -0.3 is 10.1 Å². The fourth-order valence-electron chi connectivity index (χ4n) is 1.10. The summed E-state index contributed by atoms with van der Waals surface area (Å²) < 4.78 is 6.30. The van der Waals surface area contributed by atoms with Gasteiger partial charge in [-0.05, 0) is 48.1 Å². The molecule has 0 aliphatic heterocycles. The molecule has 0 aliphatic rings. The zero-order chi connectivity index (χ0) is 15.3. The number of ether oxygens (including phenoxy) is 1. The quantitative estimate of drug-likeness (QED) is 0.645. The molecule has 0 aliphatic carbocycles. The Kier molecular flexibility index (Phi) is 14.6. The van der Waals surface area contributed by atoms with Crippen LogP contribution < -0.4 is 10.1 Å². The lowest BCUT2D eigenvalue weighted by Crippen LogP contribution is -2.16. The molecule has 0 atom stereocenters. The van der Waals surface area contributed by atoms with E-state index >= 15 is 0 Å². The molecule has 0 saturated heterocycles. The molecule has 3 nitrogen and oxygen atoms in total. The third-order valence-electron chi connectivity index (χ3n) is 1.95. The van der Waals surface area contributed by atoms with Crippen LogP contribution in [0.15, 0.2) is 22.7 Å². The lowest BCUT2D eigenvalue weighted by Gasteiger charge is -2.08. The summed E-state index contributed by atoms with van der Waals surface area (Å²) in [5.41, 5.74) is 0.683. The van der Waals surface area contributed by atoms with Gasteiger partial charge in [-0.3, -0.25) is 4.79 Å². The zero-order valence-electron chi connectivity index (χ0n) is 12.8. The van der Waals surface area contributed by atoms with E-state index in [1.165, 1.54) is 0 Å². The number of carbonyl (C=O) groups excluding carboxylic acids is 1. The molecule has 0 aromatic heterocycles. The van der Waals surface area contributed by atoms with Gasteiger partial charge in [0.2, 0.25) is 0 Å². The van der Waals surface area contributed by atoms with Crippen LogP contribution in [0.3, 0.4) is 0 Å². The number of benzene rings is 1. The van der Waals surface area contributed by atoms with Crippen LogP contribution in [0, 0.1) is 0 Å². The Balaban J connectivity index is 0. The van der Waals surface area contributed by atoms with Crippen molar-refractivity contribution in [3.05, 3.63) is 28.2 Å². The van der Waals surface area contributed by atoms with Crippen molar-refractivity contribution in [2.45, 2.75) is 34.6 Å². The Morgan fingerprint density at radius 1 is 1.26 bits per heavy atom. The van der Waals surface area contributed by atoms with Crippen molar-refractivity contribution in [2.75, 3.05) is 20.2 Å². The number of Topliss-reactive ketones (excluding diaryl/α,β-unsaturated/α-hetero) is 1. The maximum absolute atomic E-state index is 11.1. The Morgan fingerprint density at radius 2 is 1.84 bits per heavy atom. The SMILES string of the molecule is CC.CC.CNCCOc1ccc(C(C)=O)cc1Br. The van der Waals surface area contributed by atoms with Crippen molar-refractivity contribution in [2.24, 2.45) is 0 Å². The van der Waals surface area contributed by atoms with Gasteiger partial charge in [0, 0.05) is 12.1 Å². The molecule has 0 radical (unpaired) electrons. The summed E-state index contributed by atoms with van der Waals surface area (Å²) in [5.74, 6) is 0.813. The predicted molar refractivity (Wildman–Crippen MR) is 86.3 cm³/mol. The average Bonchev–Trinajstić information content (AvgIpc) is 2.45. The molecule has 19 heavy (non-hydrogen) atoms. The van der Waals surface area contributed by atoms with Gasteiger partial charge >= 0.3 is 0 Å². The molecule has 1 N–H and O–H groups in total. The van der Waals surface area contributed by atoms with Crippen molar-refractivity contribution in [3.8, 4) is 5.75 Å². The summed E-state index contributed by atoms with van der Waals surface area (Å²) in [6.45, 7) is 10.9. The summed E-state index contributed by atoms with van der Waals surface area (Å²) in [4.78, 5) is 11.1. The van der Waals surface area contributed by atoms with Crippen molar-refractivity contribution in [1.29, 1.82) is 0 Å². The molecule has 1 rings (SSSR count). The van der Waals surface area contributed by atoms with E-state index in [2.05, 4.69) is 21.2 Å². The summed E-state index contributed by atoms with van der Waals surface area (Å²) >= 11 is 3.37. The van der Waals surface area contributed by atoms with E-state index in [9.17, 15) is 4.79 Å². The normalized spacial score (nSPS) is 8.58. The number of ketones is 1. The monoisotopic (exact) mass is 331 g/mol. The van der Waals surface area contributed by atoms with Gasteiger partial charge in [0.25, 0.3) is 0 Å². The maximum atomic E-state index is 11.1. The van der Waals surface area contributed by atoms with Crippen LogP contribution >= 0.6 is 15.9 Å². The molecular formula is C15H26BrNO2. The molecule has 0 spiro atoms. The van der Waals surface area contributed by atoms with Gasteiger partial charge in [-0.2, -0.15) is 0 Å². The first-order valence-electron chi connectivity index (χ1n) is 6.73. The van der Waals surface area contributed by atoms with E-state index in [-0.39, 0.29) is 5.78 Å². The number of hydrogen-bond acceptors (Lipinski definition) is 3. The summed E-state index contributed by atoms with van der Waals surface area (Å²) in [7, 11) is 1.87. The van der Waals surface area contributed by atoms with Gasteiger partial charge in [0.1, 0.15) is 12.4 Å². The van der Waals surface area contributed by atoms with E-state index < -0.39 is 0 Å². The van der Waals surface area contributed by atoms with Crippen LogP contribution in [0.5, 0.6) is 5.75 Å². The minimum Gasteiger partial charge on any atom is -0.491 e. The molecule has 0 amide bonds. The Morgan fingerprint density at radius 3 is 2.26 bits per heavy atom. The molecule has 0 bridgehead atoms. The van der Waals surface area contributed by atoms with Gasteiger partial charge in [-0.1, -0.05) is 27.7 Å². The van der Waals surface area contributed by atoms with Gasteiger partial charge in [0.05, 0.1) is 4.47 Å². The zero-order valence-corrected chi connectivity index (χ0v) is 14.4. The molecule has 0 unspecified atom stereocenters. The van der Waals surface area contributed by atoms with Crippen LogP contribution in [-0.2, 0) is 0 Å². The molecule has 1 aromatic rings. The molecule has 0 saturated carbocycles. The van der Waals surface area contributed by atoms with E-state index in [4.69, 9.17) is 4.74 Å². The highest BCUT2D eigenvalue weighted by Gasteiger charge is 2.05. The van der Waals surface area contributed by atoms with Crippen LogP contribution in [0.4, 0.5) is 0 Å². The van der Waals surface area contributed by atoms with Crippen molar-refractivity contribution in [1.82, 2.24) is 5.32 Å². The third kappa shape index (κ3) is 8.78. The van der Waals surface area contributed by atoms with E-state index in [1.807, 2.05) is 34.7 Å². The first kappa shape index (κ1) is 20.4. The molecule has 110 valence electrons. The van der Waals surface area contributed by atoms with Crippen LogP contribution in [0.25, 0.3) is 0 Å². The first-order chi connectivity index (χ1) is 9.15. The molecule has 1 aromatic carbocycles. The number of carbonyl (C=O) groups is 1. The molecule has 0 fully saturated rings. The van der Waals surface area contributed by atoms with Gasteiger partial charge in [-0.15, -0.1) is 0 Å². The first-order valence-corrected chi connectivity index (χ1v) is 7.52. The largest absolute Gasteiger partial charge is 0.491 e. The van der Waals surface area contributed by atoms with Crippen molar-refractivity contribution >= 4 is 21.7 Å². The van der Waals surface area contributed by atoms with Crippen molar-refractivity contribution < 1.29 is 9.53 Å². The highest BCUT2D eigenvalue weighted by atomic mass is 79.9. The summed E-state index contributed by atoms with van der Waals surface area (Å²) in [6.07, 6.45) is 0. The van der Waals surface area contributed by atoms with Gasteiger partial charge in [-0.25, -0.2) is 0 Å². The number of halogens is 1. The highest BCUT2D eigenvalue weighted by Crippen LogP contribution is 2.26. The van der Waals surface area contributed by atoms with Crippen LogP contribution in [-0.4, -0.2) is 26.0 Å². The van der Waals surface area contributed by atoms with E-state index in [1.54, 1.807) is 25.1 Å². The topological polar surface area (TPSA) is 38.3 Å². The van der Waals surface area contributed by atoms with E-state index in [0.717, 1.165) is 16.8 Å². The molecular weight excluding hydrogens is 306 g/mol. The second-order valence-corrected chi connectivity index (χ2v) is 4.01. The lowest BCUT2D eigenvalue weighted by molar-refractivity contribution is 0.101. The minimum atomic E-state index is 0.0532. The molecule has 4 heteroatoms. The van der Waals surface area contributed by atoms with Crippen LogP contribution in [0.2, 0.25) is 0 Å². The standard InChI is InChI=1S/C11H14BrNO2.2C2H6/c1-8(14)9-3-4-11(10(12)7-9)15-6-5-13-2;2*1-2/h3-4,7,13H,5-6H2,1-2H3;2*1-2H3. The van der Waals surface area contributed by atoms with E-state index in [0.29, 0.717) is 12.2 Å². The smallest absolute Gasteiger partial charge is 0.159 e. The number of rotatable bonds is 5. The second-order valence-electron chi connectivity index (χ2n) is 3.15. The number of likely N-dealkylation sites (N-methyl/N-ethyl adjacent to an activating group) is 1. The number of hydrogen-bond donors (Lipinski definition) is 1. The Hall–Kier alpha value is -0.870. The fourth-order valence-corrected chi connectivity index (χ4v) is 1.59. The molecule has 0 heterocycles. The maximum Gasteiger partial charge on any atom is 0.159 e. The summed E-state index contributed by atoms with van der Waals surface area (Å²) in [5, 5.41) is 2.99. The van der Waals surface area contributed by atoms with Crippen LogP contribution in [0.1, 0.15) is 45.0 Å².